The van der Waals surface area contributed by atoms with Gasteiger partial charge >= 0.3 is 0 Å². The molecule has 2 saturated heterocycles. The van der Waals surface area contributed by atoms with Crippen molar-refractivity contribution in [2.45, 2.75) is 169 Å². The largest absolute Gasteiger partial charge is 0.316 e. The van der Waals surface area contributed by atoms with Crippen molar-refractivity contribution in [3.05, 3.63) is 405 Å². The van der Waals surface area contributed by atoms with E-state index in [1.54, 1.807) is 114 Å². The average molecular weight is 2210 g/mol. The summed E-state index contributed by atoms with van der Waals surface area (Å²) in [5.41, 5.74) is 19.4. The Morgan fingerprint density at radius 2 is 0.564 bits per heavy atom. The standard InChI is InChI=1S/C31H31Cl2FN2O.C31H29Cl2FN2O.C30H28Cl3FN2O.C30H27ClF2N2O.2ClH/c2*1-19-16-22(34)8-9-23(19)26-17-21(20-10-13-35(14-11-20)31(2,3)4)18-27-30(28(37)12-15-36(26)27)29-24(32)6-5-7-25(29)33;1-30(2,3)35-12-9-18(10-13-35)19-15-25(21-8-7-20(34)17-24(21)33)36-14-11-27(37)29(26(36)16-19)28-22(31)5-4-6-23(28)32;1-30(2,3)34-14-11-19(12-15-34)20-17-25(21-7-4-5-8-22(21)31)35-16-13-27(36)29(26(35)18-20)28-23(32)9-6-10-24(28)33;;/h5-9,12,15-18,20H,10-11,13-14H2,1-4H3;5-10,12,15-18H,11,13-14H2,1-4H3;4-8,11,14-18H,9-10,12-13H2,1-3H3;4-11,13,16-18H,12,14-15H2,1-3H3;2*1H. The molecule has 4 aliphatic rings. The van der Waals surface area contributed by atoms with Gasteiger partial charge in [0.25, 0.3) is 0 Å². The molecule has 12 nitrogen and oxygen atoms in total. The topological polar surface area (TPSA) is 98.9 Å². The Labute approximate surface area is 918 Å². The van der Waals surface area contributed by atoms with Gasteiger partial charge in [-0.3, -0.25) is 38.8 Å². The molecule has 0 amide bonds. The summed E-state index contributed by atoms with van der Waals surface area (Å²) in [7, 11) is 0. The molecule has 774 valence electrons. The highest BCUT2D eigenvalue weighted by molar-refractivity contribution is 6.41. The molecule has 4 aliphatic heterocycles. The Morgan fingerprint density at radius 3 is 0.886 bits per heavy atom. The molecule has 0 bridgehead atoms. The van der Waals surface area contributed by atoms with Crippen LogP contribution in [0.4, 0.5) is 22.0 Å². The first-order chi connectivity index (χ1) is 69.8. The summed E-state index contributed by atoms with van der Waals surface area (Å²) in [6.07, 6.45) is 17.1. The first-order valence-electron chi connectivity index (χ1n) is 49.5. The number of aromatic nitrogens is 4. The number of likely N-dealkylation sites (tertiary alicyclic amines) is 2. The number of piperidine rings is 2. The van der Waals surface area contributed by atoms with Crippen LogP contribution in [-0.2, 0) is 0 Å². The van der Waals surface area contributed by atoms with Crippen LogP contribution in [0.15, 0.2) is 281 Å². The lowest BCUT2D eigenvalue weighted by atomic mass is 9.86. The van der Waals surface area contributed by atoms with Gasteiger partial charge in [-0.1, -0.05) is 147 Å². The SMILES string of the molecule is CC(C)(C)N1CC=C(c2cc(-c3ccccc3Cl)n3ccc(=O)c(-c4c(F)cccc4F)c3c2)CC1.CC(C)(C)N1CCC(c2cc(-c3ccc(F)cc3Cl)n3ccc(=O)c(-c4c(Cl)cccc4Cl)c3c2)CC1.Cc1cc(F)ccc1-c1cc(C2=CCN(C(C)(C)C)CC2)cc2c(-c3c(Cl)cccc3Cl)c(=O)ccn12.Cc1cc(F)ccc1-c1cc(C2CCN(C(C)(C)C)CC2)cc2c(-c3c(Cl)cccc3Cl)c(=O)ccn12.Cl.Cl. The van der Waals surface area contributed by atoms with E-state index in [1.807, 2.05) is 63.4 Å². The van der Waals surface area contributed by atoms with Crippen LogP contribution in [0.3, 0.4) is 0 Å². The van der Waals surface area contributed by atoms with Crippen molar-refractivity contribution in [1.82, 2.24) is 37.2 Å². The predicted molar refractivity (Wildman–Crippen MR) is 616 cm³/mol. The second-order valence-corrected chi connectivity index (χ2v) is 45.6. The van der Waals surface area contributed by atoms with Gasteiger partial charge in [0.2, 0.25) is 0 Å². The number of rotatable bonds is 12. The van der Waals surface area contributed by atoms with Crippen molar-refractivity contribution in [2.75, 3.05) is 52.4 Å². The van der Waals surface area contributed by atoms with E-state index in [2.05, 4.69) is 151 Å². The zero-order chi connectivity index (χ0) is 105. The lowest BCUT2D eigenvalue weighted by molar-refractivity contribution is 0.102. The average Bonchev–Trinajstić information content (AvgIpc) is 0.750. The molecule has 0 N–H and O–H groups in total. The van der Waals surface area contributed by atoms with Crippen LogP contribution in [0.5, 0.6) is 0 Å². The third kappa shape index (κ3) is 24.1. The van der Waals surface area contributed by atoms with Crippen LogP contribution in [0.2, 0.25) is 40.2 Å². The lowest BCUT2D eigenvalue weighted by Crippen LogP contribution is -2.45. The van der Waals surface area contributed by atoms with Crippen molar-refractivity contribution >= 4 is 151 Å². The molecule has 2 fully saturated rings. The molecule has 20 rings (SSSR count). The maximum atomic E-state index is 14.9. The van der Waals surface area contributed by atoms with Crippen LogP contribution >= 0.6 is 118 Å². The summed E-state index contributed by atoms with van der Waals surface area (Å²) in [6.45, 7) is 38.0. The van der Waals surface area contributed by atoms with Crippen molar-refractivity contribution < 1.29 is 22.0 Å². The van der Waals surface area contributed by atoms with Crippen molar-refractivity contribution in [3.8, 4) is 89.5 Å². The first-order valence-corrected chi connectivity index (χ1v) is 52.5. The number of hydrogen-bond acceptors (Lipinski definition) is 8. The summed E-state index contributed by atoms with van der Waals surface area (Å²) < 4.78 is 79.5. The Balaban J connectivity index is 0.000000148. The van der Waals surface area contributed by atoms with Gasteiger partial charge in [0, 0.05) is 141 Å². The van der Waals surface area contributed by atoms with Crippen LogP contribution in [-0.4, -0.2) is 112 Å². The van der Waals surface area contributed by atoms with Crippen LogP contribution in [0.25, 0.3) is 123 Å². The first kappa shape index (κ1) is 112. The van der Waals surface area contributed by atoms with Crippen LogP contribution in [0.1, 0.15) is 167 Å². The molecule has 8 aromatic heterocycles. The summed E-state index contributed by atoms with van der Waals surface area (Å²) in [5, 5.41) is 3.36. The predicted octanol–water partition coefficient (Wildman–Crippen LogP) is 33.6. The molecule has 0 unspecified atom stereocenters. The summed E-state index contributed by atoms with van der Waals surface area (Å²) >= 11 is 52.7. The number of pyridine rings is 8. The number of benzene rings is 8. The van der Waals surface area contributed by atoms with Crippen molar-refractivity contribution in [3.63, 3.8) is 0 Å². The molecule has 149 heavy (non-hydrogen) atoms. The molecule has 0 spiro atoms. The van der Waals surface area contributed by atoms with Crippen molar-refractivity contribution in [2.24, 2.45) is 0 Å². The molecule has 27 heteroatoms. The molecule has 16 aromatic rings. The Hall–Kier alpha value is -10.7. The summed E-state index contributed by atoms with van der Waals surface area (Å²) in [4.78, 5) is 63.0. The highest BCUT2D eigenvalue weighted by Gasteiger charge is 2.35. The maximum Gasteiger partial charge on any atom is 0.190 e. The quantitative estimate of drug-likeness (QED) is 0.112. The lowest BCUT2D eigenvalue weighted by Gasteiger charge is -2.41. The minimum Gasteiger partial charge on any atom is -0.316 e. The molecular weight excluding hydrogens is 2090 g/mol. The van der Waals surface area contributed by atoms with Crippen LogP contribution in [0, 0.1) is 42.9 Å². The van der Waals surface area contributed by atoms with Gasteiger partial charge in [-0.15, -0.1) is 24.8 Å². The molecule has 0 atom stereocenters. The third-order valence-corrected chi connectivity index (χ3v) is 31.5. The molecule has 0 aliphatic carbocycles. The van der Waals surface area contributed by atoms with E-state index in [0.717, 1.165) is 169 Å². The number of fused-ring (bicyclic) bond motifs is 4. The van der Waals surface area contributed by atoms with E-state index >= 15 is 0 Å². The zero-order valence-electron chi connectivity index (χ0n) is 85.3. The Morgan fingerprint density at radius 1 is 0.275 bits per heavy atom. The number of nitrogens with zero attached hydrogens (tertiary/aromatic N) is 8. The van der Waals surface area contributed by atoms with Crippen LogP contribution < -0.4 is 21.7 Å². The summed E-state index contributed by atoms with van der Waals surface area (Å²) in [5.74, 6) is -1.87. The Kier molecular flexibility index (Phi) is 34.8. The fourth-order valence-corrected chi connectivity index (χ4v) is 23.2. The molecular formula is C122H117Cl10F5N8O4. The zero-order valence-corrected chi connectivity index (χ0v) is 93.0. The van der Waals surface area contributed by atoms with E-state index in [0.29, 0.717) is 108 Å². The van der Waals surface area contributed by atoms with Gasteiger partial charge in [0.1, 0.15) is 29.1 Å². The van der Waals surface area contributed by atoms with Gasteiger partial charge in [0.15, 0.2) is 21.7 Å². The highest BCUT2D eigenvalue weighted by Crippen LogP contribution is 2.47. The van der Waals surface area contributed by atoms with Gasteiger partial charge in [0.05, 0.1) is 108 Å². The molecule has 0 saturated carbocycles. The van der Waals surface area contributed by atoms with E-state index in [9.17, 15) is 41.1 Å². The fourth-order valence-electron chi connectivity index (χ4n) is 21.0. The van der Waals surface area contributed by atoms with Gasteiger partial charge in [-0.25, -0.2) is 22.0 Å². The number of halogens is 15. The van der Waals surface area contributed by atoms with E-state index in [4.69, 9.17) is 92.8 Å². The Bertz CT molecular complexity index is 7860. The van der Waals surface area contributed by atoms with Gasteiger partial charge in [-0.05, 0) is 376 Å². The van der Waals surface area contributed by atoms with E-state index < -0.39 is 22.9 Å². The summed E-state index contributed by atoms with van der Waals surface area (Å²) in [6, 6.07) is 63.4. The van der Waals surface area contributed by atoms with Gasteiger partial charge < -0.3 is 17.6 Å². The molecule has 0 radical (unpaired) electrons. The minimum atomic E-state index is -0.775. The molecule has 8 aromatic carbocycles. The number of aryl methyl sites for hydroxylation is 2. The smallest absolute Gasteiger partial charge is 0.190 e. The second kappa shape index (κ2) is 46.1. The normalized spacial score (nSPS) is 14.9. The van der Waals surface area contributed by atoms with Crippen molar-refractivity contribution in [1.29, 1.82) is 0 Å². The number of hydrogen-bond donors (Lipinski definition) is 0. The second-order valence-electron chi connectivity index (χ2n) is 42.3. The maximum absolute atomic E-state index is 14.9. The van der Waals surface area contributed by atoms with E-state index in [-0.39, 0.29) is 86.0 Å². The molecule has 12 heterocycles. The monoisotopic (exact) mass is 2200 g/mol. The van der Waals surface area contributed by atoms with E-state index in [1.165, 1.54) is 77.9 Å². The minimum absolute atomic E-state index is 0. The third-order valence-electron chi connectivity index (χ3n) is 29.0. The van der Waals surface area contributed by atoms with Gasteiger partial charge in [-0.2, -0.15) is 0 Å². The highest BCUT2D eigenvalue weighted by atomic mass is 35.5. The fraction of sp³-hybridized carbons (Fsp3) is 0.279.